The minimum atomic E-state index is 0.0763. The number of rotatable bonds is 5. The van der Waals surface area contributed by atoms with Gasteiger partial charge in [-0.1, -0.05) is 42.2 Å². The number of aliphatic hydroxyl groups excluding tert-OH is 1. The molecule has 0 aromatic heterocycles. The van der Waals surface area contributed by atoms with Crippen LogP contribution in [0.2, 0.25) is 0 Å². The summed E-state index contributed by atoms with van der Waals surface area (Å²) in [6, 6.07) is 15.4. The average Bonchev–Trinajstić information content (AvgIpc) is 2.54. The third-order valence-electron chi connectivity index (χ3n) is 2.93. The second kappa shape index (κ2) is 7.98. The fraction of sp³-hybridized carbons (Fsp3) is 0.222. The van der Waals surface area contributed by atoms with Gasteiger partial charge in [-0.25, -0.2) is 0 Å². The first kappa shape index (κ1) is 15.0. The van der Waals surface area contributed by atoms with Gasteiger partial charge >= 0.3 is 0 Å². The Morgan fingerprint density at radius 1 is 1.00 bits per heavy atom. The van der Waals surface area contributed by atoms with Crippen molar-refractivity contribution in [3.8, 4) is 23.3 Å². The predicted molar refractivity (Wildman–Crippen MR) is 82.3 cm³/mol. The molecule has 21 heavy (non-hydrogen) atoms. The van der Waals surface area contributed by atoms with Crippen LogP contribution < -0.4 is 9.47 Å². The molecule has 0 unspecified atom stereocenters. The molecule has 0 spiro atoms. The number of para-hydroxylation sites is 2. The van der Waals surface area contributed by atoms with E-state index < -0.39 is 0 Å². The highest BCUT2D eigenvalue weighted by Crippen LogP contribution is 2.26. The molecule has 0 aliphatic rings. The van der Waals surface area contributed by atoms with Crippen molar-refractivity contribution in [1.29, 1.82) is 0 Å². The van der Waals surface area contributed by atoms with Crippen molar-refractivity contribution >= 4 is 0 Å². The molecule has 108 valence electrons. The number of hydrogen-bond acceptors (Lipinski definition) is 3. The molecular formula is C18H18O3. The topological polar surface area (TPSA) is 38.7 Å². The molecule has 3 nitrogen and oxygen atoms in total. The molecule has 0 radical (unpaired) electrons. The van der Waals surface area contributed by atoms with Crippen LogP contribution in [0.3, 0.4) is 0 Å². The average molecular weight is 282 g/mol. The summed E-state index contributed by atoms with van der Waals surface area (Å²) in [5.41, 5.74) is 1.93. The lowest BCUT2D eigenvalue weighted by Crippen LogP contribution is -1.99. The third-order valence-corrected chi connectivity index (χ3v) is 2.93. The van der Waals surface area contributed by atoms with Crippen molar-refractivity contribution in [2.45, 2.75) is 13.0 Å². The molecule has 0 aliphatic carbocycles. The highest BCUT2D eigenvalue weighted by atomic mass is 16.5. The van der Waals surface area contributed by atoms with Crippen molar-refractivity contribution in [1.82, 2.24) is 0 Å². The molecule has 0 fully saturated rings. The lowest BCUT2D eigenvalue weighted by atomic mass is 10.1. The van der Waals surface area contributed by atoms with Crippen LogP contribution >= 0.6 is 0 Å². The Hall–Kier alpha value is -2.44. The van der Waals surface area contributed by atoms with Gasteiger partial charge in [0.2, 0.25) is 0 Å². The Morgan fingerprint density at radius 2 is 1.71 bits per heavy atom. The van der Waals surface area contributed by atoms with Gasteiger partial charge in [-0.15, -0.1) is 0 Å². The largest absolute Gasteiger partial charge is 0.493 e. The second-order valence-corrected chi connectivity index (χ2v) is 4.37. The van der Waals surface area contributed by atoms with Crippen molar-refractivity contribution < 1.29 is 14.6 Å². The van der Waals surface area contributed by atoms with E-state index in [0.29, 0.717) is 24.5 Å². The summed E-state index contributed by atoms with van der Waals surface area (Å²) >= 11 is 0. The van der Waals surface area contributed by atoms with Gasteiger partial charge in [-0.3, -0.25) is 0 Å². The molecule has 0 atom stereocenters. The van der Waals surface area contributed by atoms with Gasteiger partial charge < -0.3 is 14.6 Å². The van der Waals surface area contributed by atoms with Crippen LogP contribution in [0.15, 0.2) is 48.5 Å². The van der Waals surface area contributed by atoms with Crippen LogP contribution in [0.4, 0.5) is 0 Å². The Morgan fingerprint density at radius 3 is 2.48 bits per heavy atom. The second-order valence-electron chi connectivity index (χ2n) is 4.37. The van der Waals surface area contributed by atoms with Crippen LogP contribution in [0.25, 0.3) is 0 Å². The van der Waals surface area contributed by atoms with E-state index in [1.54, 1.807) is 7.11 Å². The molecule has 2 aromatic rings. The zero-order valence-corrected chi connectivity index (χ0v) is 12.0. The molecule has 0 heterocycles. The van der Waals surface area contributed by atoms with E-state index in [1.165, 1.54) is 0 Å². The van der Waals surface area contributed by atoms with Crippen LogP contribution in [-0.2, 0) is 6.61 Å². The summed E-state index contributed by atoms with van der Waals surface area (Å²) < 4.78 is 11.1. The molecule has 0 saturated heterocycles. The zero-order valence-electron chi connectivity index (χ0n) is 12.0. The molecule has 0 bridgehead atoms. The smallest absolute Gasteiger partial charge is 0.161 e. The first-order valence-corrected chi connectivity index (χ1v) is 6.78. The zero-order chi connectivity index (χ0) is 14.9. The van der Waals surface area contributed by atoms with Gasteiger partial charge in [0.15, 0.2) is 11.5 Å². The van der Waals surface area contributed by atoms with Gasteiger partial charge in [0, 0.05) is 17.5 Å². The maximum Gasteiger partial charge on any atom is 0.161 e. The van der Waals surface area contributed by atoms with Gasteiger partial charge in [0.05, 0.1) is 13.7 Å². The number of aliphatic hydroxyl groups is 1. The van der Waals surface area contributed by atoms with E-state index in [4.69, 9.17) is 14.6 Å². The van der Waals surface area contributed by atoms with Gasteiger partial charge in [0.1, 0.15) is 6.61 Å². The maximum absolute atomic E-state index is 8.78. The molecule has 3 heteroatoms. The van der Waals surface area contributed by atoms with E-state index in [0.717, 1.165) is 11.1 Å². The minimum absolute atomic E-state index is 0.0763. The van der Waals surface area contributed by atoms with Gasteiger partial charge in [-0.2, -0.15) is 0 Å². The lowest BCUT2D eigenvalue weighted by Gasteiger charge is -2.11. The van der Waals surface area contributed by atoms with Crippen LogP contribution in [0.5, 0.6) is 11.5 Å². The first-order valence-electron chi connectivity index (χ1n) is 6.78. The molecule has 0 aliphatic heterocycles. The van der Waals surface area contributed by atoms with Crippen molar-refractivity contribution in [3.63, 3.8) is 0 Å². The summed E-state index contributed by atoms with van der Waals surface area (Å²) in [5.74, 6) is 7.41. The molecule has 0 saturated carbocycles. The van der Waals surface area contributed by atoms with Crippen LogP contribution in [0.1, 0.15) is 17.5 Å². The number of ether oxygens (including phenoxy) is 2. The summed E-state index contributed by atoms with van der Waals surface area (Å²) in [4.78, 5) is 0. The quantitative estimate of drug-likeness (QED) is 0.857. The van der Waals surface area contributed by atoms with E-state index in [-0.39, 0.29) is 6.61 Å². The number of benzene rings is 2. The van der Waals surface area contributed by atoms with Crippen molar-refractivity contribution in [2.75, 3.05) is 13.7 Å². The fourth-order valence-electron chi connectivity index (χ4n) is 1.88. The summed E-state index contributed by atoms with van der Waals surface area (Å²) in [5, 5.41) is 8.78. The normalized spacial score (nSPS) is 9.62. The highest BCUT2D eigenvalue weighted by Gasteiger charge is 2.04. The van der Waals surface area contributed by atoms with E-state index in [9.17, 15) is 0 Å². The minimum Gasteiger partial charge on any atom is -0.493 e. The van der Waals surface area contributed by atoms with Crippen molar-refractivity contribution in [2.24, 2.45) is 0 Å². The van der Waals surface area contributed by atoms with Gasteiger partial charge in [0.25, 0.3) is 0 Å². The third kappa shape index (κ3) is 4.27. The van der Waals surface area contributed by atoms with E-state index in [1.807, 2.05) is 48.5 Å². The molecule has 2 rings (SSSR count). The van der Waals surface area contributed by atoms with Crippen LogP contribution in [0, 0.1) is 11.8 Å². The summed E-state index contributed by atoms with van der Waals surface area (Å²) in [7, 11) is 1.62. The Bertz CT molecular complexity index is 638. The number of hydrogen-bond donors (Lipinski definition) is 1. The fourth-order valence-corrected chi connectivity index (χ4v) is 1.88. The summed E-state index contributed by atoms with van der Waals surface area (Å²) in [6.45, 7) is 0.497. The maximum atomic E-state index is 8.78. The van der Waals surface area contributed by atoms with Crippen molar-refractivity contribution in [3.05, 3.63) is 59.7 Å². The lowest BCUT2D eigenvalue weighted by molar-refractivity contribution is 0.284. The molecule has 1 N–H and O–H groups in total. The predicted octanol–water partition coefficient (Wildman–Crippen LogP) is 3.01. The highest BCUT2D eigenvalue weighted by molar-refractivity contribution is 5.42. The van der Waals surface area contributed by atoms with E-state index >= 15 is 0 Å². The summed E-state index contributed by atoms with van der Waals surface area (Å²) in [6.07, 6.45) is 0.474. The monoisotopic (exact) mass is 282 g/mol. The standard InChI is InChI=1S/C18H18O3/c1-20-17-11-4-5-12-18(17)21-14-16-10-3-2-8-15(16)9-6-7-13-19/h2-5,8,10-12,19H,7,13-14H2,1H3. The molecule has 0 amide bonds. The SMILES string of the molecule is COc1ccccc1OCc1ccccc1C#CCCO. The van der Waals surface area contributed by atoms with Crippen LogP contribution in [-0.4, -0.2) is 18.8 Å². The number of methoxy groups -OCH3 is 1. The Labute approximate surface area is 125 Å². The van der Waals surface area contributed by atoms with E-state index in [2.05, 4.69) is 11.8 Å². The first-order chi connectivity index (χ1) is 10.3. The molecular weight excluding hydrogens is 264 g/mol. The van der Waals surface area contributed by atoms with Gasteiger partial charge in [-0.05, 0) is 18.2 Å². The molecule has 2 aromatic carbocycles. The Balaban J connectivity index is 2.12. The Kier molecular flexibility index (Phi) is 5.69.